The van der Waals surface area contributed by atoms with Gasteiger partial charge in [-0.05, 0) is 12.1 Å². The van der Waals surface area contributed by atoms with Crippen LogP contribution in [-0.2, 0) is 11.3 Å². The zero-order valence-electron chi connectivity index (χ0n) is 8.81. The topological polar surface area (TPSA) is 38.6 Å². The Morgan fingerprint density at radius 1 is 1.47 bits per heavy atom. The van der Waals surface area contributed by atoms with E-state index in [1.807, 2.05) is 35.0 Å². The summed E-state index contributed by atoms with van der Waals surface area (Å²) in [6.45, 7) is 2.36. The van der Waals surface area contributed by atoms with Gasteiger partial charge >= 0.3 is 0 Å². The maximum atomic E-state index is 4.95. The van der Waals surface area contributed by atoms with Crippen molar-refractivity contribution in [3.63, 3.8) is 0 Å². The predicted molar refractivity (Wildman–Crippen MR) is 58.8 cm³/mol. The van der Waals surface area contributed by atoms with Gasteiger partial charge in [-0.15, -0.1) is 0 Å². The van der Waals surface area contributed by atoms with Gasteiger partial charge in [0, 0.05) is 32.6 Å². The third-order valence-electron chi connectivity index (χ3n) is 2.20. The first kappa shape index (κ1) is 10.1. The number of nitrogens with zero attached hydrogens (tertiary/aromatic N) is 2. The summed E-state index contributed by atoms with van der Waals surface area (Å²) in [5.74, 6) is 0. The molecule has 2 rings (SSSR count). The van der Waals surface area contributed by atoms with Crippen molar-refractivity contribution in [2.45, 2.75) is 6.54 Å². The van der Waals surface area contributed by atoms with E-state index < -0.39 is 0 Å². The third-order valence-corrected chi connectivity index (χ3v) is 2.20. The van der Waals surface area contributed by atoms with Gasteiger partial charge in [0.1, 0.15) is 5.65 Å². The van der Waals surface area contributed by atoms with Crippen molar-refractivity contribution < 1.29 is 4.74 Å². The molecule has 80 valence electrons. The lowest BCUT2D eigenvalue weighted by molar-refractivity contribution is 0.199. The van der Waals surface area contributed by atoms with Gasteiger partial charge in [-0.25, -0.2) is 4.98 Å². The van der Waals surface area contributed by atoms with Gasteiger partial charge in [-0.2, -0.15) is 0 Å². The molecule has 0 aliphatic carbocycles. The molecule has 0 unspecified atom stereocenters. The molecule has 0 aliphatic heterocycles. The van der Waals surface area contributed by atoms with Crippen LogP contribution in [0.25, 0.3) is 5.65 Å². The number of fused-ring (bicyclic) bond motifs is 1. The summed E-state index contributed by atoms with van der Waals surface area (Å²) >= 11 is 0. The zero-order valence-corrected chi connectivity index (χ0v) is 8.81. The number of methoxy groups -OCH3 is 1. The van der Waals surface area contributed by atoms with Crippen LogP contribution in [0.5, 0.6) is 0 Å². The molecule has 0 saturated heterocycles. The molecular weight excluding hydrogens is 190 g/mol. The number of imidazole rings is 1. The molecule has 0 bridgehead atoms. The highest BCUT2D eigenvalue weighted by atomic mass is 16.5. The summed E-state index contributed by atoms with van der Waals surface area (Å²) in [4.78, 5) is 4.47. The van der Waals surface area contributed by atoms with Crippen molar-refractivity contribution in [3.8, 4) is 0 Å². The molecule has 0 atom stereocenters. The predicted octanol–water partition coefficient (Wildman–Crippen LogP) is 1.07. The number of nitrogens with one attached hydrogen (secondary N) is 1. The van der Waals surface area contributed by atoms with E-state index in [4.69, 9.17) is 4.74 Å². The van der Waals surface area contributed by atoms with Crippen LogP contribution in [0.4, 0.5) is 0 Å². The first-order valence-electron chi connectivity index (χ1n) is 5.02. The first-order valence-corrected chi connectivity index (χ1v) is 5.02. The van der Waals surface area contributed by atoms with E-state index in [0.29, 0.717) is 0 Å². The number of hydrogen-bond donors (Lipinski definition) is 1. The summed E-state index contributed by atoms with van der Waals surface area (Å²) in [7, 11) is 1.70. The molecule has 0 saturated carbocycles. The average Bonchev–Trinajstić information content (AvgIpc) is 2.67. The van der Waals surface area contributed by atoms with Crippen molar-refractivity contribution in [1.82, 2.24) is 14.7 Å². The van der Waals surface area contributed by atoms with Crippen LogP contribution >= 0.6 is 0 Å². The molecule has 2 heterocycles. The second kappa shape index (κ2) is 4.91. The Morgan fingerprint density at radius 3 is 3.20 bits per heavy atom. The molecular formula is C11H15N3O. The fourth-order valence-corrected chi connectivity index (χ4v) is 1.46. The Balaban J connectivity index is 1.97. The second-order valence-corrected chi connectivity index (χ2v) is 3.37. The fourth-order valence-electron chi connectivity index (χ4n) is 1.46. The SMILES string of the molecule is COCCNCc1cn2ccccc2n1. The lowest BCUT2D eigenvalue weighted by Gasteiger charge is -1.99. The van der Waals surface area contributed by atoms with Crippen LogP contribution in [0.15, 0.2) is 30.6 Å². The normalized spacial score (nSPS) is 11.0. The van der Waals surface area contributed by atoms with E-state index in [0.717, 1.165) is 31.0 Å². The van der Waals surface area contributed by atoms with Crippen molar-refractivity contribution in [3.05, 3.63) is 36.3 Å². The van der Waals surface area contributed by atoms with E-state index >= 15 is 0 Å². The monoisotopic (exact) mass is 205 g/mol. The highest BCUT2D eigenvalue weighted by Crippen LogP contribution is 2.03. The summed E-state index contributed by atoms with van der Waals surface area (Å²) in [6.07, 6.45) is 4.04. The van der Waals surface area contributed by atoms with Crippen LogP contribution in [0.3, 0.4) is 0 Å². The van der Waals surface area contributed by atoms with Gasteiger partial charge in [-0.1, -0.05) is 6.07 Å². The van der Waals surface area contributed by atoms with Gasteiger partial charge in [0.15, 0.2) is 0 Å². The number of pyridine rings is 1. The molecule has 15 heavy (non-hydrogen) atoms. The average molecular weight is 205 g/mol. The van der Waals surface area contributed by atoms with Crippen LogP contribution in [0, 0.1) is 0 Å². The van der Waals surface area contributed by atoms with Gasteiger partial charge in [0.2, 0.25) is 0 Å². The van der Waals surface area contributed by atoms with Gasteiger partial charge in [0.05, 0.1) is 12.3 Å². The number of hydrogen-bond acceptors (Lipinski definition) is 3. The van der Waals surface area contributed by atoms with E-state index in [1.165, 1.54) is 0 Å². The smallest absolute Gasteiger partial charge is 0.137 e. The molecule has 4 heteroatoms. The molecule has 0 radical (unpaired) electrons. The second-order valence-electron chi connectivity index (χ2n) is 3.37. The van der Waals surface area contributed by atoms with Gasteiger partial charge < -0.3 is 14.5 Å². The molecule has 0 fully saturated rings. The van der Waals surface area contributed by atoms with E-state index in [-0.39, 0.29) is 0 Å². The summed E-state index contributed by atoms with van der Waals surface area (Å²) in [5.41, 5.74) is 2.04. The lowest BCUT2D eigenvalue weighted by atomic mass is 10.4. The number of aromatic nitrogens is 2. The maximum Gasteiger partial charge on any atom is 0.137 e. The van der Waals surface area contributed by atoms with E-state index in [1.54, 1.807) is 7.11 Å². The Morgan fingerprint density at radius 2 is 2.40 bits per heavy atom. The highest BCUT2D eigenvalue weighted by molar-refractivity contribution is 5.39. The van der Waals surface area contributed by atoms with Crippen molar-refractivity contribution in [2.75, 3.05) is 20.3 Å². The minimum atomic E-state index is 0.730. The largest absolute Gasteiger partial charge is 0.383 e. The molecule has 0 amide bonds. The van der Waals surface area contributed by atoms with Crippen molar-refractivity contribution in [2.24, 2.45) is 0 Å². The first-order chi connectivity index (χ1) is 7.40. The molecule has 0 aliphatic rings. The molecule has 1 N–H and O–H groups in total. The van der Waals surface area contributed by atoms with Crippen LogP contribution in [-0.4, -0.2) is 29.6 Å². The van der Waals surface area contributed by atoms with Crippen molar-refractivity contribution >= 4 is 5.65 Å². The highest BCUT2D eigenvalue weighted by Gasteiger charge is 1.99. The van der Waals surface area contributed by atoms with Crippen LogP contribution < -0.4 is 5.32 Å². The summed E-state index contributed by atoms with van der Waals surface area (Å²) < 4.78 is 6.97. The lowest BCUT2D eigenvalue weighted by Crippen LogP contribution is -2.18. The molecule has 2 aromatic rings. The molecule has 0 aromatic carbocycles. The number of ether oxygens (including phenoxy) is 1. The summed E-state index contributed by atoms with van der Waals surface area (Å²) in [6, 6.07) is 5.99. The Bertz CT molecular complexity index is 391. The Hall–Kier alpha value is -1.39. The third kappa shape index (κ3) is 2.55. The van der Waals surface area contributed by atoms with Crippen LogP contribution in [0.2, 0.25) is 0 Å². The molecule has 0 spiro atoms. The molecule has 4 nitrogen and oxygen atoms in total. The maximum absolute atomic E-state index is 4.95. The minimum Gasteiger partial charge on any atom is -0.383 e. The quantitative estimate of drug-likeness (QED) is 0.742. The standard InChI is InChI=1S/C11H15N3O/c1-15-7-5-12-8-10-9-14-6-3-2-4-11(14)13-10/h2-4,6,9,12H,5,7-8H2,1H3. The number of rotatable bonds is 5. The Labute approximate surface area is 88.9 Å². The van der Waals surface area contributed by atoms with Crippen LogP contribution in [0.1, 0.15) is 5.69 Å². The van der Waals surface area contributed by atoms with Gasteiger partial charge in [-0.3, -0.25) is 0 Å². The van der Waals surface area contributed by atoms with E-state index in [9.17, 15) is 0 Å². The van der Waals surface area contributed by atoms with E-state index in [2.05, 4.69) is 10.3 Å². The summed E-state index contributed by atoms with van der Waals surface area (Å²) in [5, 5.41) is 3.26. The molecule has 2 aromatic heterocycles. The fraction of sp³-hybridized carbons (Fsp3) is 0.364. The minimum absolute atomic E-state index is 0.730. The zero-order chi connectivity index (χ0) is 10.5. The van der Waals surface area contributed by atoms with Crippen molar-refractivity contribution in [1.29, 1.82) is 0 Å². The Kier molecular flexibility index (Phi) is 3.32. The van der Waals surface area contributed by atoms with Gasteiger partial charge in [0.25, 0.3) is 0 Å².